The molecule has 0 unspecified atom stereocenters. The number of H-pyrrole nitrogens is 1. The molecular weight excluding hydrogens is 314 g/mol. The number of likely N-dealkylation sites (tertiary alicyclic amines) is 1. The van der Waals surface area contributed by atoms with Crippen molar-refractivity contribution in [1.82, 2.24) is 15.1 Å². The van der Waals surface area contributed by atoms with Crippen LogP contribution in [0.15, 0.2) is 36.4 Å². The predicted octanol–water partition coefficient (Wildman–Crippen LogP) is 3.43. The summed E-state index contributed by atoms with van der Waals surface area (Å²) in [6.45, 7) is 6.40. The Labute approximate surface area is 149 Å². The summed E-state index contributed by atoms with van der Waals surface area (Å²) in [4.78, 5) is 14.5. The number of carbonyl (C=O) groups is 1. The minimum atomic E-state index is 0.0211. The summed E-state index contributed by atoms with van der Waals surface area (Å²) < 4.78 is 5.99. The number of ether oxygens (including phenoxy) is 1. The standard InChI is InChI=1S/C20H27N3O2/c1-15(2)12-17-13-19(22-21-17)20(24)23-10-8-18(9-11-23)25-14-16-6-4-3-5-7-16/h3-7,13,15,18H,8-12,14H2,1-2H3,(H,21,22). The average molecular weight is 341 g/mol. The van der Waals surface area contributed by atoms with Crippen LogP contribution in [0.1, 0.15) is 48.4 Å². The maximum atomic E-state index is 12.6. The highest BCUT2D eigenvalue weighted by Crippen LogP contribution is 2.18. The van der Waals surface area contributed by atoms with Crippen molar-refractivity contribution in [3.63, 3.8) is 0 Å². The molecule has 1 aliphatic rings. The van der Waals surface area contributed by atoms with Crippen LogP contribution in [0.2, 0.25) is 0 Å². The number of amides is 1. The second-order valence-electron chi connectivity index (χ2n) is 7.16. The van der Waals surface area contributed by atoms with E-state index in [0.29, 0.717) is 18.2 Å². The second kappa shape index (κ2) is 8.30. The Morgan fingerprint density at radius 3 is 2.68 bits per heavy atom. The van der Waals surface area contributed by atoms with Crippen molar-refractivity contribution < 1.29 is 9.53 Å². The Balaban J connectivity index is 1.46. The van der Waals surface area contributed by atoms with Crippen LogP contribution < -0.4 is 0 Å². The van der Waals surface area contributed by atoms with Crippen LogP contribution in [0.5, 0.6) is 0 Å². The van der Waals surface area contributed by atoms with Gasteiger partial charge in [0.2, 0.25) is 0 Å². The molecule has 134 valence electrons. The first-order valence-corrected chi connectivity index (χ1v) is 9.11. The molecule has 2 aromatic rings. The van der Waals surface area contributed by atoms with Gasteiger partial charge in [-0.3, -0.25) is 9.89 Å². The molecule has 5 heteroatoms. The lowest BCUT2D eigenvalue weighted by Crippen LogP contribution is -2.41. The van der Waals surface area contributed by atoms with Crippen LogP contribution in [0.3, 0.4) is 0 Å². The van der Waals surface area contributed by atoms with E-state index in [4.69, 9.17) is 4.74 Å². The molecule has 1 aliphatic heterocycles. The monoisotopic (exact) mass is 341 g/mol. The van der Waals surface area contributed by atoms with Crippen LogP contribution in [0.4, 0.5) is 0 Å². The molecule has 0 atom stereocenters. The third-order valence-electron chi connectivity index (χ3n) is 4.54. The van der Waals surface area contributed by atoms with Gasteiger partial charge in [0.1, 0.15) is 5.69 Å². The first-order chi connectivity index (χ1) is 12.1. The highest BCUT2D eigenvalue weighted by Gasteiger charge is 2.25. The lowest BCUT2D eigenvalue weighted by Gasteiger charge is -2.31. The zero-order chi connectivity index (χ0) is 17.6. The van der Waals surface area contributed by atoms with Crippen molar-refractivity contribution in [1.29, 1.82) is 0 Å². The number of aromatic amines is 1. The molecule has 1 aromatic carbocycles. The van der Waals surface area contributed by atoms with E-state index in [2.05, 4.69) is 36.2 Å². The Morgan fingerprint density at radius 2 is 2.00 bits per heavy atom. The Bertz CT molecular complexity index is 673. The van der Waals surface area contributed by atoms with E-state index in [9.17, 15) is 4.79 Å². The molecule has 1 amide bonds. The first kappa shape index (κ1) is 17.7. The summed E-state index contributed by atoms with van der Waals surface area (Å²) >= 11 is 0. The van der Waals surface area contributed by atoms with Crippen LogP contribution in [-0.4, -0.2) is 40.2 Å². The molecule has 0 bridgehead atoms. The number of nitrogens with one attached hydrogen (secondary N) is 1. The zero-order valence-corrected chi connectivity index (χ0v) is 15.1. The topological polar surface area (TPSA) is 58.2 Å². The van der Waals surface area contributed by atoms with Gasteiger partial charge in [0.05, 0.1) is 12.7 Å². The molecule has 0 saturated carbocycles. The minimum absolute atomic E-state index is 0.0211. The van der Waals surface area contributed by atoms with E-state index < -0.39 is 0 Å². The summed E-state index contributed by atoms with van der Waals surface area (Å²) in [5.41, 5.74) is 2.74. The van der Waals surface area contributed by atoms with Gasteiger partial charge in [-0.1, -0.05) is 44.2 Å². The van der Waals surface area contributed by atoms with Crippen LogP contribution >= 0.6 is 0 Å². The molecule has 5 nitrogen and oxygen atoms in total. The number of piperidine rings is 1. The Kier molecular flexibility index (Phi) is 5.87. The summed E-state index contributed by atoms with van der Waals surface area (Å²) in [5, 5.41) is 7.17. The van der Waals surface area contributed by atoms with Gasteiger partial charge in [0.25, 0.3) is 5.91 Å². The van der Waals surface area contributed by atoms with E-state index >= 15 is 0 Å². The van der Waals surface area contributed by atoms with Crippen molar-refractivity contribution in [2.24, 2.45) is 5.92 Å². The lowest BCUT2D eigenvalue weighted by molar-refractivity contribution is -0.000509. The van der Waals surface area contributed by atoms with E-state index in [1.54, 1.807) is 0 Å². The number of rotatable bonds is 6. The van der Waals surface area contributed by atoms with Gasteiger partial charge in [-0.15, -0.1) is 0 Å². The second-order valence-corrected chi connectivity index (χ2v) is 7.16. The molecule has 3 rings (SSSR count). The quantitative estimate of drug-likeness (QED) is 0.876. The fourth-order valence-electron chi connectivity index (χ4n) is 3.19. The summed E-state index contributed by atoms with van der Waals surface area (Å²) in [5.74, 6) is 0.564. The van der Waals surface area contributed by atoms with Gasteiger partial charge in [-0.25, -0.2) is 0 Å². The number of benzene rings is 1. The molecule has 2 heterocycles. The van der Waals surface area contributed by atoms with E-state index in [1.165, 1.54) is 5.56 Å². The lowest BCUT2D eigenvalue weighted by atomic mass is 10.1. The number of hydrogen-bond donors (Lipinski definition) is 1. The van der Waals surface area contributed by atoms with E-state index in [-0.39, 0.29) is 12.0 Å². The molecule has 0 radical (unpaired) electrons. The highest BCUT2D eigenvalue weighted by atomic mass is 16.5. The smallest absolute Gasteiger partial charge is 0.274 e. The SMILES string of the molecule is CC(C)Cc1cc(C(=O)N2CCC(OCc3ccccc3)CC2)n[nH]1. The largest absolute Gasteiger partial charge is 0.373 e. The molecule has 1 N–H and O–H groups in total. The zero-order valence-electron chi connectivity index (χ0n) is 15.1. The molecule has 25 heavy (non-hydrogen) atoms. The molecule has 1 aromatic heterocycles. The minimum Gasteiger partial charge on any atom is -0.373 e. The predicted molar refractivity (Wildman–Crippen MR) is 97.3 cm³/mol. The summed E-state index contributed by atoms with van der Waals surface area (Å²) in [7, 11) is 0. The van der Waals surface area contributed by atoms with E-state index in [1.807, 2.05) is 29.2 Å². The highest BCUT2D eigenvalue weighted by molar-refractivity contribution is 5.92. The van der Waals surface area contributed by atoms with Gasteiger partial charge in [0, 0.05) is 18.8 Å². The fourth-order valence-corrected chi connectivity index (χ4v) is 3.19. The fraction of sp³-hybridized carbons (Fsp3) is 0.500. The van der Waals surface area contributed by atoms with Gasteiger partial charge in [-0.05, 0) is 36.8 Å². The average Bonchev–Trinajstić information content (AvgIpc) is 3.08. The Hall–Kier alpha value is -2.14. The van der Waals surface area contributed by atoms with E-state index in [0.717, 1.165) is 38.0 Å². The normalized spacial score (nSPS) is 15.7. The molecule has 0 spiro atoms. The van der Waals surface area contributed by atoms with Crippen molar-refractivity contribution in [3.05, 3.63) is 53.3 Å². The van der Waals surface area contributed by atoms with Crippen molar-refractivity contribution in [2.45, 2.75) is 45.8 Å². The maximum Gasteiger partial charge on any atom is 0.274 e. The van der Waals surface area contributed by atoms with Gasteiger partial charge in [-0.2, -0.15) is 5.10 Å². The number of carbonyl (C=O) groups excluding carboxylic acids is 1. The van der Waals surface area contributed by atoms with Gasteiger partial charge < -0.3 is 9.64 Å². The van der Waals surface area contributed by atoms with Crippen molar-refractivity contribution >= 4 is 5.91 Å². The summed E-state index contributed by atoms with van der Waals surface area (Å²) in [6, 6.07) is 12.1. The number of aromatic nitrogens is 2. The van der Waals surface area contributed by atoms with Crippen LogP contribution in [0, 0.1) is 5.92 Å². The maximum absolute atomic E-state index is 12.6. The van der Waals surface area contributed by atoms with Gasteiger partial charge >= 0.3 is 0 Å². The van der Waals surface area contributed by atoms with Crippen molar-refractivity contribution in [3.8, 4) is 0 Å². The number of hydrogen-bond acceptors (Lipinski definition) is 3. The van der Waals surface area contributed by atoms with Crippen LogP contribution in [0.25, 0.3) is 0 Å². The Morgan fingerprint density at radius 1 is 1.28 bits per heavy atom. The molecule has 0 aliphatic carbocycles. The van der Waals surface area contributed by atoms with Gasteiger partial charge in [0.15, 0.2) is 0 Å². The molecule has 1 fully saturated rings. The molecule has 1 saturated heterocycles. The van der Waals surface area contributed by atoms with Crippen molar-refractivity contribution in [2.75, 3.05) is 13.1 Å². The third-order valence-corrected chi connectivity index (χ3v) is 4.54. The molecular formula is C20H27N3O2. The van der Waals surface area contributed by atoms with Crippen LogP contribution in [-0.2, 0) is 17.8 Å². The third kappa shape index (κ3) is 4.92. The number of nitrogens with zero attached hydrogens (tertiary/aromatic N) is 2. The summed E-state index contributed by atoms with van der Waals surface area (Å²) in [6.07, 6.45) is 2.89. The first-order valence-electron chi connectivity index (χ1n) is 9.11.